The Hall–Kier alpha value is -1.02. The van der Waals surface area contributed by atoms with E-state index < -0.39 is 20.5 Å². The summed E-state index contributed by atoms with van der Waals surface area (Å²) in [5.74, 6) is -0.392. The number of carbonyl (C=O) groups is 1. The summed E-state index contributed by atoms with van der Waals surface area (Å²) in [6.45, 7) is 1.40. The van der Waals surface area contributed by atoms with E-state index in [4.69, 9.17) is 0 Å². The number of nitrogens with zero attached hydrogens (tertiary/aromatic N) is 1. The van der Waals surface area contributed by atoms with Crippen LogP contribution in [0.5, 0.6) is 0 Å². The van der Waals surface area contributed by atoms with E-state index in [-0.39, 0.29) is 24.8 Å². The number of nitrogens with one attached hydrogen (secondary N) is 2. The molecule has 0 saturated carbocycles. The number of amides is 1. The lowest BCUT2D eigenvalue weighted by Crippen LogP contribution is -2.57. The molecule has 1 aliphatic heterocycles. The van der Waals surface area contributed by atoms with Crippen molar-refractivity contribution in [3.8, 4) is 0 Å². The number of rotatable bonds is 5. The van der Waals surface area contributed by atoms with E-state index in [1.165, 1.54) is 0 Å². The summed E-state index contributed by atoms with van der Waals surface area (Å²) in [5.41, 5.74) is 1.98. The Balaban J connectivity index is 0.00000288. The van der Waals surface area contributed by atoms with Gasteiger partial charge in [-0.3, -0.25) is 4.79 Å². The maximum Gasteiger partial charge on any atom is 0.241 e. The summed E-state index contributed by atoms with van der Waals surface area (Å²) in [7, 11) is 0.427. The highest BCUT2D eigenvalue weighted by Crippen LogP contribution is 2.28. The standard InChI is InChI=1S/C16H25N3O3S.2ClH/c1-19(2)14-6-4-5-13(11-14)12-18-15(20)16(23(3,21)22)7-9-17-10-8-16;;/h4-6,11,17H,7-10,12H2,1-3H3,(H,18,20);2*1H. The van der Waals surface area contributed by atoms with Crippen LogP contribution in [0, 0.1) is 0 Å². The van der Waals surface area contributed by atoms with E-state index in [2.05, 4.69) is 10.6 Å². The zero-order valence-electron chi connectivity index (χ0n) is 14.7. The Morgan fingerprint density at radius 3 is 2.36 bits per heavy atom. The second-order valence-corrected chi connectivity index (χ2v) is 8.59. The number of anilines is 1. The minimum absolute atomic E-state index is 0. The van der Waals surface area contributed by atoms with Gasteiger partial charge in [0.25, 0.3) is 0 Å². The van der Waals surface area contributed by atoms with E-state index >= 15 is 0 Å². The van der Waals surface area contributed by atoms with Crippen molar-refractivity contribution in [3.05, 3.63) is 29.8 Å². The van der Waals surface area contributed by atoms with Crippen LogP contribution in [0.3, 0.4) is 0 Å². The predicted octanol–water partition coefficient (Wildman–Crippen LogP) is 1.38. The lowest BCUT2D eigenvalue weighted by molar-refractivity contribution is -0.124. The van der Waals surface area contributed by atoms with Crippen molar-refractivity contribution < 1.29 is 13.2 Å². The number of halogens is 2. The van der Waals surface area contributed by atoms with Crippen LogP contribution in [-0.2, 0) is 21.2 Å². The number of sulfone groups is 1. The second kappa shape index (κ2) is 9.62. The van der Waals surface area contributed by atoms with Crippen molar-refractivity contribution >= 4 is 46.2 Å². The number of hydrogen-bond donors (Lipinski definition) is 2. The van der Waals surface area contributed by atoms with Gasteiger partial charge in [-0.15, -0.1) is 24.8 Å². The maximum absolute atomic E-state index is 12.6. The number of carbonyl (C=O) groups excluding carboxylic acids is 1. The van der Waals surface area contributed by atoms with Crippen molar-refractivity contribution in [3.63, 3.8) is 0 Å². The van der Waals surface area contributed by atoms with Crippen LogP contribution < -0.4 is 15.5 Å². The van der Waals surface area contributed by atoms with Gasteiger partial charge in [0.15, 0.2) is 14.6 Å². The summed E-state index contributed by atoms with van der Waals surface area (Å²) in [6, 6.07) is 7.81. The Labute approximate surface area is 162 Å². The molecule has 1 aromatic carbocycles. The molecule has 1 aromatic rings. The first-order chi connectivity index (χ1) is 10.8. The molecule has 9 heteroatoms. The highest BCUT2D eigenvalue weighted by Gasteiger charge is 2.48. The first-order valence-electron chi connectivity index (χ1n) is 7.71. The Morgan fingerprint density at radius 2 is 1.84 bits per heavy atom. The average Bonchev–Trinajstić information content (AvgIpc) is 2.52. The summed E-state index contributed by atoms with van der Waals surface area (Å²) in [5, 5.41) is 5.93. The third-order valence-electron chi connectivity index (χ3n) is 4.41. The van der Waals surface area contributed by atoms with E-state index in [1.807, 2.05) is 43.3 Å². The van der Waals surface area contributed by atoms with E-state index in [0.717, 1.165) is 17.5 Å². The largest absolute Gasteiger partial charge is 0.378 e. The van der Waals surface area contributed by atoms with Gasteiger partial charge in [0, 0.05) is 32.6 Å². The average molecular weight is 412 g/mol. The summed E-state index contributed by atoms with van der Waals surface area (Å²) in [6.07, 6.45) is 1.79. The van der Waals surface area contributed by atoms with Crippen molar-refractivity contribution in [2.24, 2.45) is 0 Å². The molecule has 1 saturated heterocycles. The molecule has 1 heterocycles. The zero-order valence-corrected chi connectivity index (χ0v) is 17.2. The molecule has 0 atom stereocenters. The molecule has 0 aliphatic carbocycles. The summed E-state index contributed by atoms with van der Waals surface area (Å²) < 4.78 is 23.1. The topological polar surface area (TPSA) is 78.5 Å². The number of benzene rings is 1. The van der Waals surface area contributed by atoms with Gasteiger partial charge in [0.1, 0.15) is 0 Å². The monoisotopic (exact) mass is 411 g/mol. The molecule has 2 N–H and O–H groups in total. The summed E-state index contributed by atoms with van der Waals surface area (Å²) >= 11 is 0. The zero-order chi connectivity index (χ0) is 17.1. The molecule has 1 aliphatic rings. The molecule has 0 bridgehead atoms. The van der Waals surface area contributed by atoms with Gasteiger partial charge in [-0.2, -0.15) is 0 Å². The molecule has 0 unspecified atom stereocenters. The van der Waals surface area contributed by atoms with Crippen LogP contribution >= 0.6 is 24.8 Å². The molecule has 1 amide bonds. The second-order valence-electron chi connectivity index (χ2n) is 6.26. The Morgan fingerprint density at radius 1 is 1.24 bits per heavy atom. The highest BCUT2D eigenvalue weighted by atomic mass is 35.5. The normalized spacial score (nSPS) is 16.1. The van der Waals surface area contributed by atoms with Gasteiger partial charge < -0.3 is 15.5 Å². The molecule has 2 rings (SSSR count). The first kappa shape index (κ1) is 24.0. The van der Waals surface area contributed by atoms with Crippen molar-refractivity contribution in [1.82, 2.24) is 10.6 Å². The molecule has 144 valence electrons. The lowest BCUT2D eigenvalue weighted by Gasteiger charge is -2.34. The van der Waals surface area contributed by atoms with Crippen LogP contribution in [0.2, 0.25) is 0 Å². The Kier molecular flexibility index (Phi) is 9.22. The number of hydrogen-bond acceptors (Lipinski definition) is 5. The van der Waals surface area contributed by atoms with E-state index in [0.29, 0.717) is 32.5 Å². The fraction of sp³-hybridized carbons (Fsp3) is 0.562. The van der Waals surface area contributed by atoms with Gasteiger partial charge >= 0.3 is 0 Å². The third-order valence-corrected chi connectivity index (χ3v) is 6.43. The minimum Gasteiger partial charge on any atom is -0.378 e. The molecule has 0 spiro atoms. The van der Waals surface area contributed by atoms with Gasteiger partial charge in [-0.1, -0.05) is 12.1 Å². The van der Waals surface area contributed by atoms with Crippen molar-refractivity contribution in [1.29, 1.82) is 0 Å². The highest BCUT2D eigenvalue weighted by molar-refractivity contribution is 7.92. The Bertz CT molecular complexity index is 675. The predicted molar refractivity (Wildman–Crippen MR) is 107 cm³/mol. The minimum atomic E-state index is -3.47. The van der Waals surface area contributed by atoms with E-state index in [1.54, 1.807) is 0 Å². The molecular weight excluding hydrogens is 385 g/mol. The lowest BCUT2D eigenvalue weighted by atomic mass is 9.95. The fourth-order valence-corrected chi connectivity index (χ4v) is 4.24. The molecule has 25 heavy (non-hydrogen) atoms. The van der Waals surface area contributed by atoms with Crippen LogP contribution in [0.4, 0.5) is 5.69 Å². The number of piperidine rings is 1. The van der Waals surface area contributed by atoms with Crippen LogP contribution in [0.15, 0.2) is 24.3 Å². The molecule has 1 fully saturated rings. The van der Waals surface area contributed by atoms with E-state index in [9.17, 15) is 13.2 Å². The molecular formula is C16H27Cl2N3O3S. The molecule has 0 radical (unpaired) electrons. The van der Waals surface area contributed by atoms with Crippen LogP contribution in [0.25, 0.3) is 0 Å². The molecule has 6 nitrogen and oxygen atoms in total. The van der Waals surface area contributed by atoms with Crippen molar-refractivity contribution in [2.75, 3.05) is 38.3 Å². The SMILES string of the molecule is CN(C)c1cccc(CNC(=O)C2(S(C)(=O)=O)CCNCC2)c1.Cl.Cl. The van der Waals surface area contributed by atoms with Gasteiger partial charge in [0.05, 0.1) is 0 Å². The third kappa shape index (κ3) is 5.48. The van der Waals surface area contributed by atoms with Gasteiger partial charge in [0.2, 0.25) is 5.91 Å². The maximum atomic E-state index is 12.6. The fourth-order valence-electron chi connectivity index (χ4n) is 2.88. The quantitative estimate of drug-likeness (QED) is 0.764. The van der Waals surface area contributed by atoms with Gasteiger partial charge in [-0.05, 0) is 43.6 Å². The first-order valence-corrected chi connectivity index (χ1v) is 9.60. The summed E-state index contributed by atoms with van der Waals surface area (Å²) in [4.78, 5) is 14.6. The van der Waals surface area contributed by atoms with Crippen LogP contribution in [0.1, 0.15) is 18.4 Å². The van der Waals surface area contributed by atoms with Crippen molar-refractivity contribution in [2.45, 2.75) is 24.1 Å². The van der Waals surface area contributed by atoms with Crippen LogP contribution in [-0.4, -0.2) is 52.5 Å². The van der Waals surface area contributed by atoms with Gasteiger partial charge in [-0.25, -0.2) is 8.42 Å². The molecule has 0 aromatic heterocycles. The smallest absolute Gasteiger partial charge is 0.241 e.